The van der Waals surface area contributed by atoms with Crippen LogP contribution in [-0.4, -0.2) is 24.2 Å². The molecule has 3 rings (SSSR count). The molecule has 0 fully saturated rings. The van der Waals surface area contributed by atoms with E-state index in [-0.39, 0.29) is 17.1 Å². The van der Waals surface area contributed by atoms with E-state index in [0.29, 0.717) is 17.0 Å². The predicted molar refractivity (Wildman–Crippen MR) is 127 cm³/mol. The number of hydrogen-bond acceptors (Lipinski definition) is 4. The molecule has 0 spiro atoms. The molecule has 160 valence electrons. The summed E-state index contributed by atoms with van der Waals surface area (Å²) in [5.74, 6) is 0.429. The average molecular weight is 435 g/mol. The number of amides is 2. The van der Waals surface area contributed by atoms with Crippen molar-refractivity contribution in [3.05, 3.63) is 83.4 Å². The smallest absolute Gasteiger partial charge is 0.255 e. The third-order valence-corrected chi connectivity index (χ3v) is 5.86. The zero-order valence-corrected chi connectivity index (χ0v) is 18.9. The molecular weight excluding hydrogens is 408 g/mol. The van der Waals surface area contributed by atoms with E-state index in [0.717, 1.165) is 21.7 Å². The maximum atomic E-state index is 12.6. The first kappa shape index (κ1) is 22.4. The summed E-state index contributed by atoms with van der Waals surface area (Å²) in [7, 11) is 1.58. The minimum atomic E-state index is -0.298. The van der Waals surface area contributed by atoms with E-state index >= 15 is 0 Å². The number of methoxy groups -OCH3 is 1. The Hall–Kier alpha value is -3.25. The third-order valence-electron chi connectivity index (χ3n) is 4.77. The van der Waals surface area contributed by atoms with Crippen molar-refractivity contribution in [3.8, 4) is 5.75 Å². The van der Waals surface area contributed by atoms with Gasteiger partial charge in [0.05, 0.1) is 12.4 Å². The number of nitrogens with one attached hydrogen (secondary N) is 2. The van der Waals surface area contributed by atoms with Crippen LogP contribution >= 0.6 is 11.8 Å². The molecule has 2 N–H and O–H groups in total. The molecule has 0 saturated heterocycles. The highest BCUT2D eigenvalue weighted by Crippen LogP contribution is 2.27. The van der Waals surface area contributed by atoms with Crippen LogP contribution in [0.15, 0.2) is 71.6 Å². The van der Waals surface area contributed by atoms with Gasteiger partial charge in [0.2, 0.25) is 5.91 Å². The number of carbonyl (C=O) groups is 2. The molecule has 2 amide bonds. The number of benzene rings is 3. The highest BCUT2D eigenvalue weighted by atomic mass is 32.2. The Morgan fingerprint density at radius 3 is 2.35 bits per heavy atom. The minimum absolute atomic E-state index is 0.0652. The number of aryl methyl sites for hydroxylation is 2. The molecule has 31 heavy (non-hydrogen) atoms. The monoisotopic (exact) mass is 434 g/mol. The van der Waals surface area contributed by atoms with Gasteiger partial charge in [0, 0.05) is 21.8 Å². The van der Waals surface area contributed by atoms with Crippen molar-refractivity contribution in [2.75, 3.05) is 17.7 Å². The average Bonchev–Trinajstić information content (AvgIpc) is 2.76. The van der Waals surface area contributed by atoms with Crippen LogP contribution in [0.2, 0.25) is 0 Å². The van der Waals surface area contributed by atoms with Gasteiger partial charge in [-0.25, -0.2) is 0 Å². The molecule has 0 aliphatic rings. The fourth-order valence-electron chi connectivity index (χ4n) is 3.04. The quantitative estimate of drug-likeness (QED) is 0.469. The van der Waals surface area contributed by atoms with E-state index < -0.39 is 0 Å². The van der Waals surface area contributed by atoms with Crippen molar-refractivity contribution in [2.45, 2.75) is 30.9 Å². The van der Waals surface area contributed by atoms with Crippen LogP contribution in [0.3, 0.4) is 0 Å². The number of carbonyl (C=O) groups excluding carboxylic acids is 2. The lowest BCUT2D eigenvalue weighted by Gasteiger charge is -2.14. The maximum Gasteiger partial charge on any atom is 0.255 e. The second kappa shape index (κ2) is 10.2. The van der Waals surface area contributed by atoms with Crippen molar-refractivity contribution in [2.24, 2.45) is 0 Å². The minimum Gasteiger partial charge on any atom is -0.497 e. The largest absolute Gasteiger partial charge is 0.497 e. The molecule has 0 heterocycles. The summed E-state index contributed by atoms with van der Waals surface area (Å²) in [5.41, 5.74) is 4.23. The van der Waals surface area contributed by atoms with Gasteiger partial charge in [0.1, 0.15) is 5.75 Å². The summed E-state index contributed by atoms with van der Waals surface area (Å²) < 4.78 is 5.12. The highest BCUT2D eigenvalue weighted by molar-refractivity contribution is 8.00. The lowest BCUT2D eigenvalue weighted by Crippen LogP contribution is -2.22. The molecule has 3 aromatic carbocycles. The van der Waals surface area contributed by atoms with Gasteiger partial charge in [-0.15, -0.1) is 11.8 Å². The molecule has 0 aliphatic heterocycles. The molecule has 0 bridgehead atoms. The van der Waals surface area contributed by atoms with Crippen molar-refractivity contribution in [3.63, 3.8) is 0 Å². The van der Waals surface area contributed by atoms with Gasteiger partial charge in [-0.2, -0.15) is 0 Å². The van der Waals surface area contributed by atoms with E-state index in [1.165, 1.54) is 11.8 Å². The Balaban J connectivity index is 1.62. The Bertz CT molecular complexity index is 1080. The lowest BCUT2D eigenvalue weighted by atomic mass is 10.1. The Labute approximate surface area is 187 Å². The fraction of sp³-hybridized carbons (Fsp3) is 0.200. The molecule has 0 radical (unpaired) electrons. The van der Waals surface area contributed by atoms with Gasteiger partial charge in [-0.05, 0) is 74.9 Å². The standard InChI is InChI=1S/C25H26N2O3S/c1-16-8-13-23(17(2)14-16)27-24(28)18(3)31-22-7-5-6-20(15-22)26-25(29)19-9-11-21(30-4)12-10-19/h5-15,18H,1-4H3,(H,26,29)(H,27,28). The number of ether oxygens (including phenoxy) is 1. The zero-order valence-electron chi connectivity index (χ0n) is 18.1. The number of rotatable bonds is 7. The van der Waals surface area contributed by atoms with Gasteiger partial charge in [0.25, 0.3) is 5.91 Å². The van der Waals surface area contributed by atoms with Gasteiger partial charge in [-0.3, -0.25) is 9.59 Å². The predicted octanol–water partition coefficient (Wildman–Crippen LogP) is 5.68. The molecule has 6 heteroatoms. The van der Waals surface area contributed by atoms with Crippen molar-refractivity contribution >= 4 is 35.0 Å². The lowest BCUT2D eigenvalue weighted by molar-refractivity contribution is -0.115. The SMILES string of the molecule is COc1ccc(C(=O)Nc2cccc(SC(C)C(=O)Nc3ccc(C)cc3C)c2)cc1. The Morgan fingerprint density at radius 2 is 1.68 bits per heavy atom. The topological polar surface area (TPSA) is 67.4 Å². The van der Waals surface area contributed by atoms with Crippen molar-refractivity contribution in [1.82, 2.24) is 0 Å². The zero-order chi connectivity index (χ0) is 22.4. The van der Waals surface area contributed by atoms with Crippen LogP contribution in [0.1, 0.15) is 28.4 Å². The van der Waals surface area contributed by atoms with E-state index in [4.69, 9.17) is 4.74 Å². The summed E-state index contributed by atoms with van der Waals surface area (Å²) in [6, 6.07) is 20.4. The molecule has 3 aromatic rings. The van der Waals surface area contributed by atoms with E-state index in [1.807, 2.05) is 63.2 Å². The first-order valence-electron chi connectivity index (χ1n) is 9.96. The van der Waals surface area contributed by atoms with Crippen LogP contribution < -0.4 is 15.4 Å². The Morgan fingerprint density at radius 1 is 0.935 bits per heavy atom. The highest BCUT2D eigenvalue weighted by Gasteiger charge is 2.16. The molecular formula is C25H26N2O3S. The van der Waals surface area contributed by atoms with E-state index in [2.05, 4.69) is 10.6 Å². The van der Waals surface area contributed by atoms with Crippen molar-refractivity contribution < 1.29 is 14.3 Å². The van der Waals surface area contributed by atoms with Crippen LogP contribution in [0, 0.1) is 13.8 Å². The molecule has 0 aromatic heterocycles. The second-order valence-corrected chi connectivity index (χ2v) is 8.69. The van der Waals surface area contributed by atoms with Crippen LogP contribution in [-0.2, 0) is 4.79 Å². The van der Waals surface area contributed by atoms with Gasteiger partial charge >= 0.3 is 0 Å². The summed E-state index contributed by atoms with van der Waals surface area (Å²) >= 11 is 1.44. The van der Waals surface area contributed by atoms with Crippen LogP contribution in [0.5, 0.6) is 5.75 Å². The summed E-state index contributed by atoms with van der Waals surface area (Å²) in [6.45, 7) is 5.87. The van der Waals surface area contributed by atoms with Crippen LogP contribution in [0.4, 0.5) is 11.4 Å². The molecule has 1 unspecified atom stereocenters. The molecule has 1 atom stereocenters. The van der Waals surface area contributed by atoms with Crippen LogP contribution in [0.25, 0.3) is 0 Å². The maximum absolute atomic E-state index is 12.6. The number of anilines is 2. The van der Waals surface area contributed by atoms with Gasteiger partial charge in [0.15, 0.2) is 0 Å². The number of thioether (sulfide) groups is 1. The third kappa shape index (κ3) is 6.12. The van der Waals surface area contributed by atoms with Crippen molar-refractivity contribution in [1.29, 1.82) is 0 Å². The summed E-state index contributed by atoms with van der Waals surface area (Å²) in [4.78, 5) is 26.0. The normalized spacial score (nSPS) is 11.5. The molecule has 0 saturated carbocycles. The van der Waals surface area contributed by atoms with E-state index in [1.54, 1.807) is 31.4 Å². The first-order chi connectivity index (χ1) is 14.9. The van der Waals surface area contributed by atoms with Gasteiger partial charge in [-0.1, -0.05) is 23.8 Å². The summed E-state index contributed by atoms with van der Waals surface area (Å²) in [6.07, 6.45) is 0. The Kier molecular flexibility index (Phi) is 7.36. The molecule has 0 aliphatic carbocycles. The summed E-state index contributed by atoms with van der Waals surface area (Å²) in [5, 5.41) is 5.59. The second-order valence-electron chi connectivity index (χ2n) is 7.28. The molecule has 5 nitrogen and oxygen atoms in total. The number of hydrogen-bond donors (Lipinski definition) is 2. The van der Waals surface area contributed by atoms with E-state index in [9.17, 15) is 9.59 Å². The van der Waals surface area contributed by atoms with Gasteiger partial charge < -0.3 is 15.4 Å². The first-order valence-corrected chi connectivity index (χ1v) is 10.8. The fourth-order valence-corrected chi connectivity index (χ4v) is 3.97.